The molecule has 0 amide bonds. The summed E-state index contributed by atoms with van der Waals surface area (Å²) < 4.78 is 10.9. The quantitative estimate of drug-likeness (QED) is 0.726. The molecule has 1 aromatic carbocycles. The van der Waals surface area contributed by atoms with Gasteiger partial charge in [0, 0.05) is 23.7 Å². The lowest BCUT2D eigenvalue weighted by atomic mass is 9.93. The number of hydrogen-bond donors (Lipinski definition) is 3. The lowest BCUT2D eigenvalue weighted by molar-refractivity contribution is 0.0806. The molecule has 0 radical (unpaired) electrons. The third-order valence-corrected chi connectivity index (χ3v) is 3.02. The van der Waals surface area contributed by atoms with Crippen molar-refractivity contribution in [2.45, 2.75) is 6.92 Å². The van der Waals surface area contributed by atoms with E-state index in [4.69, 9.17) is 9.47 Å². The Balaban J connectivity index is 2.02. The predicted molar refractivity (Wildman–Crippen MR) is 68.2 cm³/mol. The average Bonchev–Trinajstić information content (AvgIpc) is 2.44. The summed E-state index contributed by atoms with van der Waals surface area (Å²) in [7, 11) is 0. The highest BCUT2D eigenvalue weighted by atomic mass is 16.6. The topological polar surface area (TPSA) is 71.0 Å². The Labute approximate surface area is 106 Å². The zero-order valence-corrected chi connectivity index (χ0v) is 10.5. The van der Waals surface area contributed by atoms with Crippen LogP contribution in [-0.2, 0) is 0 Å². The van der Waals surface area contributed by atoms with Crippen LogP contribution in [0.1, 0.15) is 6.92 Å². The van der Waals surface area contributed by atoms with Crippen LogP contribution in [0.3, 0.4) is 0 Å². The molecule has 18 heavy (non-hydrogen) atoms. The van der Waals surface area contributed by atoms with Crippen molar-refractivity contribution < 1.29 is 19.7 Å². The van der Waals surface area contributed by atoms with E-state index in [1.165, 1.54) is 0 Å². The number of fused-ring (bicyclic) bond motifs is 1. The molecule has 0 aromatic heterocycles. The minimum Gasteiger partial charge on any atom is -0.486 e. The second kappa shape index (κ2) is 5.46. The van der Waals surface area contributed by atoms with E-state index in [0.29, 0.717) is 19.8 Å². The van der Waals surface area contributed by atoms with Crippen molar-refractivity contribution in [3.63, 3.8) is 0 Å². The van der Waals surface area contributed by atoms with Crippen LogP contribution in [0.15, 0.2) is 18.2 Å². The summed E-state index contributed by atoms with van der Waals surface area (Å²) in [6.45, 7) is 3.30. The summed E-state index contributed by atoms with van der Waals surface area (Å²) in [6.07, 6.45) is 0. The van der Waals surface area contributed by atoms with E-state index in [1.807, 2.05) is 25.1 Å². The first-order valence-electron chi connectivity index (χ1n) is 6.02. The van der Waals surface area contributed by atoms with Gasteiger partial charge in [-0.25, -0.2) is 0 Å². The Morgan fingerprint density at radius 3 is 2.50 bits per heavy atom. The van der Waals surface area contributed by atoms with Crippen molar-refractivity contribution >= 4 is 5.69 Å². The minimum atomic E-state index is -0.534. The lowest BCUT2D eigenvalue weighted by Gasteiger charge is -2.26. The van der Waals surface area contributed by atoms with Gasteiger partial charge in [0.2, 0.25) is 0 Å². The smallest absolute Gasteiger partial charge is 0.163 e. The van der Waals surface area contributed by atoms with E-state index in [0.717, 1.165) is 17.2 Å². The Morgan fingerprint density at radius 1 is 1.17 bits per heavy atom. The average molecular weight is 253 g/mol. The first-order chi connectivity index (χ1) is 8.67. The van der Waals surface area contributed by atoms with Crippen LogP contribution in [0.4, 0.5) is 5.69 Å². The molecule has 100 valence electrons. The molecule has 0 unspecified atom stereocenters. The monoisotopic (exact) mass is 253 g/mol. The first-order valence-corrected chi connectivity index (χ1v) is 6.02. The molecule has 0 atom stereocenters. The van der Waals surface area contributed by atoms with E-state index >= 15 is 0 Å². The molecule has 2 rings (SSSR count). The van der Waals surface area contributed by atoms with Gasteiger partial charge in [0.05, 0.1) is 13.2 Å². The SMILES string of the molecule is CC(CO)(CO)CNc1ccc2c(c1)OCCO2. The van der Waals surface area contributed by atoms with Crippen molar-refractivity contribution in [3.05, 3.63) is 18.2 Å². The third-order valence-electron chi connectivity index (χ3n) is 3.02. The molecular weight excluding hydrogens is 234 g/mol. The van der Waals surface area contributed by atoms with Gasteiger partial charge < -0.3 is 25.0 Å². The molecule has 0 saturated heterocycles. The molecule has 1 aliphatic rings. The molecule has 0 bridgehead atoms. The summed E-state index contributed by atoms with van der Waals surface area (Å²) in [6, 6.07) is 5.61. The fourth-order valence-corrected chi connectivity index (χ4v) is 1.63. The normalized spacial score (nSPS) is 14.4. The molecule has 0 aliphatic carbocycles. The van der Waals surface area contributed by atoms with Gasteiger partial charge in [-0.1, -0.05) is 6.92 Å². The van der Waals surface area contributed by atoms with Crippen LogP contribution in [0.2, 0.25) is 0 Å². The number of aliphatic hydroxyl groups excluding tert-OH is 2. The summed E-state index contributed by atoms with van der Waals surface area (Å²) in [5.41, 5.74) is 0.347. The van der Waals surface area contributed by atoms with Crippen molar-refractivity contribution in [1.82, 2.24) is 0 Å². The maximum atomic E-state index is 9.21. The summed E-state index contributed by atoms with van der Waals surface area (Å²) >= 11 is 0. The van der Waals surface area contributed by atoms with Gasteiger partial charge >= 0.3 is 0 Å². The van der Waals surface area contributed by atoms with Gasteiger partial charge in [-0.15, -0.1) is 0 Å². The van der Waals surface area contributed by atoms with E-state index < -0.39 is 5.41 Å². The van der Waals surface area contributed by atoms with Crippen LogP contribution >= 0.6 is 0 Å². The standard InChI is InChI=1S/C13H19NO4/c1-13(8-15,9-16)7-14-10-2-3-11-12(6-10)18-5-4-17-11/h2-3,6,14-16H,4-5,7-9H2,1H3. The number of nitrogens with one attached hydrogen (secondary N) is 1. The zero-order chi connectivity index (χ0) is 13.0. The maximum absolute atomic E-state index is 9.21. The number of benzene rings is 1. The second-order valence-corrected chi connectivity index (χ2v) is 4.84. The number of aliphatic hydroxyl groups is 2. The molecule has 5 nitrogen and oxygen atoms in total. The van der Waals surface area contributed by atoms with Crippen molar-refractivity contribution in [2.75, 3.05) is 38.3 Å². The molecular formula is C13H19NO4. The van der Waals surface area contributed by atoms with Gasteiger partial charge in [-0.05, 0) is 12.1 Å². The largest absolute Gasteiger partial charge is 0.486 e. The van der Waals surface area contributed by atoms with E-state index in [1.54, 1.807) is 0 Å². The Hall–Kier alpha value is -1.46. The molecule has 1 aromatic rings. The van der Waals surface area contributed by atoms with E-state index in [-0.39, 0.29) is 13.2 Å². The van der Waals surface area contributed by atoms with Crippen molar-refractivity contribution in [2.24, 2.45) is 5.41 Å². The second-order valence-electron chi connectivity index (χ2n) is 4.84. The molecule has 3 N–H and O–H groups in total. The van der Waals surface area contributed by atoms with E-state index in [9.17, 15) is 10.2 Å². The van der Waals surface area contributed by atoms with Crippen LogP contribution in [0.5, 0.6) is 11.5 Å². The van der Waals surface area contributed by atoms with Crippen molar-refractivity contribution in [3.8, 4) is 11.5 Å². The van der Waals surface area contributed by atoms with Gasteiger partial charge in [0.1, 0.15) is 13.2 Å². The van der Waals surface area contributed by atoms with Gasteiger partial charge in [0.25, 0.3) is 0 Å². The van der Waals surface area contributed by atoms with Crippen LogP contribution in [0.25, 0.3) is 0 Å². The highest BCUT2D eigenvalue weighted by molar-refractivity contribution is 5.55. The van der Waals surface area contributed by atoms with Crippen molar-refractivity contribution in [1.29, 1.82) is 0 Å². The number of hydrogen-bond acceptors (Lipinski definition) is 5. The Morgan fingerprint density at radius 2 is 1.83 bits per heavy atom. The molecule has 0 spiro atoms. The lowest BCUT2D eigenvalue weighted by Crippen LogP contribution is -2.34. The molecule has 5 heteroatoms. The number of rotatable bonds is 5. The first kappa shape index (κ1) is 13.0. The fraction of sp³-hybridized carbons (Fsp3) is 0.538. The maximum Gasteiger partial charge on any atom is 0.163 e. The molecule has 1 aliphatic heterocycles. The van der Waals surface area contributed by atoms with Crippen LogP contribution < -0.4 is 14.8 Å². The molecule has 0 fully saturated rings. The molecule has 1 heterocycles. The Kier molecular flexibility index (Phi) is 3.93. The number of ether oxygens (including phenoxy) is 2. The summed E-state index contributed by atoms with van der Waals surface area (Å²) in [5.74, 6) is 1.47. The highest BCUT2D eigenvalue weighted by Crippen LogP contribution is 2.32. The number of anilines is 1. The fourth-order valence-electron chi connectivity index (χ4n) is 1.63. The molecule has 0 saturated carbocycles. The van der Waals surface area contributed by atoms with Crippen LogP contribution in [-0.4, -0.2) is 43.2 Å². The predicted octanol–water partition coefficient (Wildman–Crippen LogP) is 0.861. The third kappa shape index (κ3) is 2.86. The Bertz CT molecular complexity index is 404. The minimum absolute atomic E-state index is 0.0684. The van der Waals surface area contributed by atoms with E-state index in [2.05, 4.69) is 5.32 Å². The zero-order valence-electron chi connectivity index (χ0n) is 10.5. The van der Waals surface area contributed by atoms with Gasteiger partial charge in [0.15, 0.2) is 11.5 Å². The summed E-state index contributed by atoms with van der Waals surface area (Å²) in [4.78, 5) is 0. The summed E-state index contributed by atoms with van der Waals surface area (Å²) in [5, 5.41) is 21.6. The van der Waals surface area contributed by atoms with Crippen LogP contribution in [0, 0.1) is 5.41 Å². The highest BCUT2D eigenvalue weighted by Gasteiger charge is 2.22. The van der Waals surface area contributed by atoms with Gasteiger partial charge in [-0.3, -0.25) is 0 Å². The van der Waals surface area contributed by atoms with Gasteiger partial charge in [-0.2, -0.15) is 0 Å².